The van der Waals surface area contributed by atoms with Crippen molar-refractivity contribution in [2.45, 2.75) is 6.92 Å². The second-order valence-electron chi connectivity index (χ2n) is 4.84. The molecule has 124 valence electrons. The fourth-order valence-corrected chi connectivity index (χ4v) is 2.04. The van der Waals surface area contributed by atoms with E-state index in [1.54, 1.807) is 25.1 Å². The van der Waals surface area contributed by atoms with Gasteiger partial charge in [0, 0.05) is 6.08 Å². The van der Waals surface area contributed by atoms with Gasteiger partial charge in [0.15, 0.2) is 0 Å². The second kappa shape index (κ2) is 7.28. The molecule has 7 heteroatoms. The van der Waals surface area contributed by atoms with E-state index in [0.29, 0.717) is 17.2 Å². The monoisotopic (exact) mass is 328 g/mol. The smallest absolute Gasteiger partial charge is 0.341 e. The highest BCUT2D eigenvalue weighted by Gasteiger charge is 2.14. The van der Waals surface area contributed by atoms with Crippen LogP contribution in [0.3, 0.4) is 0 Å². The molecule has 0 bridgehead atoms. The van der Waals surface area contributed by atoms with Crippen molar-refractivity contribution in [2.24, 2.45) is 5.73 Å². The van der Waals surface area contributed by atoms with Crippen molar-refractivity contribution in [1.82, 2.24) is 0 Å². The highest BCUT2D eigenvalue weighted by atomic mass is 16.5. The molecule has 2 rings (SSSR count). The number of hydrogen-bond donors (Lipinski definition) is 2. The Morgan fingerprint density at radius 1 is 1.21 bits per heavy atom. The maximum Gasteiger partial charge on any atom is 0.341 e. The summed E-state index contributed by atoms with van der Waals surface area (Å²) in [5.41, 5.74) is 6.06. The first kappa shape index (κ1) is 17.0. The van der Waals surface area contributed by atoms with Crippen molar-refractivity contribution in [3.63, 3.8) is 0 Å². The predicted molar refractivity (Wildman–Crippen MR) is 87.4 cm³/mol. The summed E-state index contributed by atoms with van der Waals surface area (Å²) < 4.78 is 9.98. The Morgan fingerprint density at radius 3 is 2.58 bits per heavy atom. The molecule has 0 atom stereocenters. The van der Waals surface area contributed by atoms with E-state index in [4.69, 9.17) is 10.2 Å². The quantitative estimate of drug-likeness (QED) is 0.645. The van der Waals surface area contributed by atoms with Crippen LogP contribution in [0.25, 0.3) is 6.08 Å². The molecule has 0 radical (unpaired) electrons. The van der Waals surface area contributed by atoms with Gasteiger partial charge in [-0.15, -0.1) is 0 Å². The number of ether oxygens (including phenoxy) is 1. The molecule has 3 N–H and O–H groups in total. The Kier molecular flexibility index (Phi) is 5.16. The van der Waals surface area contributed by atoms with E-state index in [1.807, 2.05) is 0 Å². The molecular formula is C17H16N2O5. The number of rotatable bonds is 5. The van der Waals surface area contributed by atoms with Gasteiger partial charge in [0.1, 0.15) is 17.1 Å². The topological polar surface area (TPSA) is 112 Å². The number of benzene rings is 1. The van der Waals surface area contributed by atoms with Crippen molar-refractivity contribution in [2.75, 3.05) is 12.4 Å². The van der Waals surface area contributed by atoms with Gasteiger partial charge in [-0.3, -0.25) is 9.59 Å². The lowest BCUT2D eigenvalue weighted by atomic mass is 10.1. The lowest BCUT2D eigenvalue weighted by Crippen LogP contribution is -2.16. The van der Waals surface area contributed by atoms with E-state index >= 15 is 0 Å². The number of nitrogens with two attached hydrogens (primary N) is 1. The molecule has 1 aromatic heterocycles. The molecule has 0 fully saturated rings. The zero-order valence-corrected chi connectivity index (χ0v) is 13.2. The van der Waals surface area contributed by atoms with Crippen molar-refractivity contribution >= 4 is 29.5 Å². The standard InChI is InChI=1S/C17H16N2O5/c1-10-13(17(22)23-2)9-11(24-10)7-8-15(20)19-14-6-4-3-5-12(14)16(18)21/h3-9H,1-2H3,(H2,18,21)(H,19,20). The molecule has 2 amide bonds. The first-order valence-corrected chi connectivity index (χ1v) is 6.99. The van der Waals surface area contributed by atoms with Gasteiger partial charge < -0.3 is 20.2 Å². The van der Waals surface area contributed by atoms with E-state index in [9.17, 15) is 14.4 Å². The SMILES string of the molecule is COC(=O)c1cc(C=CC(=O)Nc2ccccc2C(N)=O)oc1C. The zero-order valence-electron chi connectivity index (χ0n) is 13.2. The lowest BCUT2D eigenvalue weighted by molar-refractivity contribution is -0.111. The minimum atomic E-state index is -0.640. The molecule has 0 aliphatic carbocycles. The van der Waals surface area contributed by atoms with Crippen LogP contribution in [0.1, 0.15) is 32.2 Å². The van der Waals surface area contributed by atoms with Gasteiger partial charge in [-0.2, -0.15) is 0 Å². The fourth-order valence-electron chi connectivity index (χ4n) is 2.04. The number of amides is 2. The number of hydrogen-bond acceptors (Lipinski definition) is 5. The van der Waals surface area contributed by atoms with Crippen LogP contribution in [-0.4, -0.2) is 24.9 Å². The number of esters is 1. The Balaban J connectivity index is 2.12. The first-order chi connectivity index (χ1) is 11.4. The number of carbonyl (C=O) groups excluding carboxylic acids is 3. The number of furan rings is 1. The fraction of sp³-hybridized carbons (Fsp3) is 0.118. The molecule has 0 unspecified atom stereocenters. The molecule has 0 spiro atoms. The van der Waals surface area contributed by atoms with Gasteiger partial charge >= 0.3 is 5.97 Å². The van der Waals surface area contributed by atoms with Crippen LogP contribution in [0.2, 0.25) is 0 Å². The summed E-state index contributed by atoms with van der Waals surface area (Å²) in [4.78, 5) is 34.8. The van der Waals surface area contributed by atoms with E-state index in [2.05, 4.69) is 10.1 Å². The number of primary amides is 1. The Hall–Kier alpha value is -3.35. The number of carbonyl (C=O) groups is 3. The van der Waals surface area contributed by atoms with Gasteiger partial charge in [-0.25, -0.2) is 4.79 Å². The maximum atomic E-state index is 12.0. The molecule has 7 nitrogen and oxygen atoms in total. The third-order valence-corrected chi connectivity index (χ3v) is 3.19. The Morgan fingerprint density at radius 2 is 1.92 bits per heavy atom. The molecule has 0 aliphatic rings. The summed E-state index contributed by atoms with van der Waals surface area (Å²) in [6, 6.07) is 7.87. The maximum absolute atomic E-state index is 12.0. The van der Waals surface area contributed by atoms with Crippen molar-refractivity contribution in [1.29, 1.82) is 0 Å². The molecule has 2 aromatic rings. The number of aryl methyl sites for hydroxylation is 1. The Labute approximate surface area is 138 Å². The molecular weight excluding hydrogens is 312 g/mol. The normalized spacial score (nSPS) is 10.6. The second-order valence-corrected chi connectivity index (χ2v) is 4.84. The zero-order chi connectivity index (χ0) is 17.7. The average Bonchev–Trinajstić information content (AvgIpc) is 2.93. The van der Waals surface area contributed by atoms with Crippen molar-refractivity contribution < 1.29 is 23.5 Å². The van der Waals surface area contributed by atoms with Crippen LogP contribution < -0.4 is 11.1 Å². The number of anilines is 1. The van der Waals surface area contributed by atoms with Crippen molar-refractivity contribution in [3.05, 3.63) is 59.1 Å². The summed E-state index contributed by atoms with van der Waals surface area (Å²) in [5, 5.41) is 2.56. The molecule has 0 saturated carbocycles. The minimum absolute atomic E-state index is 0.209. The molecule has 1 aromatic carbocycles. The number of methoxy groups -OCH3 is 1. The summed E-state index contributed by atoms with van der Waals surface area (Å²) in [7, 11) is 1.27. The van der Waals surface area contributed by atoms with Gasteiger partial charge in [-0.05, 0) is 31.2 Å². The molecule has 0 saturated heterocycles. The minimum Gasteiger partial charge on any atom is -0.465 e. The van der Waals surface area contributed by atoms with Gasteiger partial charge in [0.25, 0.3) is 5.91 Å². The van der Waals surface area contributed by atoms with Crippen LogP contribution in [-0.2, 0) is 9.53 Å². The van der Waals surface area contributed by atoms with Gasteiger partial charge in [0.05, 0.1) is 18.4 Å². The first-order valence-electron chi connectivity index (χ1n) is 6.99. The number of para-hydroxylation sites is 1. The Bertz CT molecular complexity index is 820. The summed E-state index contributed by atoms with van der Waals surface area (Å²) in [6.07, 6.45) is 2.62. The van der Waals surface area contributed by atoms with Crippen LogP contribution >= 0.6 is 0 Å². The lowest BCUT2D eigenvalue weighted by Gasteiger charge is -2.06. The summed E-state index contributed by atoms with van der Waals surface area (Å²) in [5.74, 6) is -0.917. The van der Waals surface area contributed by atoms with Gasteiger partial charge in [-0.1, -0.05) is 12.1 Å². The summed E-state index contributed by atoms with van der Waals surface area (Å²) >= 11 is 0. The highest BCUT2D eigenvalue weighted by Crippen LogP contribution is 2.17. The average molecular weight is 328 g/mol. The number of nitrogens with one attached hydrogen (secondary N) is 1. The van der Waals surface area contributed by atoms with Crippen LogP contribution in [0, 0.1) is 6.92 Å². The van der Waals surface area contributed by atoms with Gasteiger partial charge in [0.2, 0.25) is 5.91 Å². The van der Waals surface area contributed by atoms with E-state index in [1.165, 1.54) is 31.4 Å². The molecule has 0 aliphatic heterocycles. The van der Waals surface area contributed by atoms with Crippen LogP contribution in [0.15, 0.2) is 40.8 Å². The molecule has 24 heavy (non-hydrogen) atoms. The summed E-state index contributed by atoms with van der Waals surface area (Å²) in [6.45, 7) is 1.62. The predicted octanol–water partition coefficient (Wildman–Crippen LogP) is 2.13. The molecule has 1 heterocycles. The van der Waals surface area contributed by atoms with E-state index in [-0.39, 0.29) is 11.1 Å². The van der Waals surface area contributed by atoms with Crippen LogP contribution in [0.4, 0.5) is 5.69 Å². The largest absolute Gasteiger partial charge is 0.465 e. The third-order valence-electron chi connectivity index (χ3n) is 3.19. The third kappa shape index (κ3) is 3.89. The van der Waals surface area contributed by atoms with E-state index < -0.39 is 17.8 Å². The van der Waals surface area contributed by atoms with E-state index in [0.717, 1.165) is 0 Å². The van der Waals surface area contributed by atoms with Crippen molar-refractivity contribution in [3.8, 4) is 0 Å². The highest BCUT2D eigenvalue weighted by molar-refractivity contribution is 6.07. The van der Waals surface area contributed by atoms with Crippen LogP contribution in [0.5, 0.6) is 0 Å².